The van der Waals surface area contributed by atoms with Gasteiger partial charge in [-0.1, -0.05) is 24.3 Å². The molecule has 9 nitrogen and oxygen atoms in total. The summed E-state index contributed by atoms with van der Waals surface area (Å²) in [5.41, 5.74) is 4.69. The molecule has 0 bridgehead atoms. The maximum absolute atomic E-state index is 13.1. The third-order valence-electron chi connectivity index (χ3n) is 7.17. The highest BCUT2D eigenvalue weighted by molar-refractivity contribution is 7.92. The molecular weight excluding hydrogens is 502 g/mol. The second-order valence-corrected chi connectivity index (χ2v) is 11.9. The van der Waals surface area contributed by atoms with Gasteiger partial charge >= 0.3 is 0 Å². The molecule has 2 aliphatic rings. The van der Waals surface area contributed by atoms with E-state index in [1.54, 1.807) is 42.5 Å². The number of piperidine rings is 1. The van der Waals surface area contributed by atoms with Crippen LogP contribution in [-0.2, 0) is 10.0 Å². The average Bonchev–Trinajstić information content (AvgIpc) is 3.03. The average molecular weight is 534 g/mol. The number of benzene rings is 3. The van der Waals surface area contributed by atoms with E-state index in [0.29, 0.717) is 33.9 Å². The second kappa shape index (κ2) is 10.1. The van der Waals surface area contributed by atoms with Gasteiger partial charge in [0.2, 0.25) is 10.0 Å². The fraction of sp³-hybridized carbons (Fsp3) is 0.286. The minimum absolute atomic E-state index is 0.137. The Morgan fingerprint density at radius 2 is 1.68 bits per heavy atom. The number of nitrogens with zero attached hydrogens (tertiary/aromatic N) is 2. The smallest absolute Gasteiger partial charge is 0.257 e. The molecule has 10 heteroatoms. The lowest BCUT2D eigenvalue weighted by Gasteiger charge is -2.29. The van der Waals surface area contributed by atoms with Gasteiger partial charge in [-0.05, 0) is 74.9 Å². The van der Waals surface area contributed by atoms with Gasteiger partial charge in [-0.2, -0.15) is 0 Å². The summed E-state index contributed by atoms with van der Waals surface area (Å²) in [4.78, 5) is 28.3. The van der Waals surface area contributed by atoms with Crippen LogP contribution in [0, 0.1) is 0 Å². The number of amides is 2. The Bertz CT molecular complexity index is 1510. The van der Waals surface area contributed by atoms with Crippen molar-refractivity contribution in [1.82, 2.24) is 10.2 Å². The highest BCUT2D eigenvalue weighted by Crippen LogP contribution is 2.37. The van der Waals surface area contributed by atoms with E-state index in [4.69, 9.17) is 0 Å². The van der Waals surface area contributed by atoms with Crippen molar-refractivity contribution in [3.05, 3.63) is 71.8 Å². The molecule has 3 aromatic carbocycles. The van der Waals surface area contributed by atoms with Crippen LogP contribution in [0.4, 0.5) is 22.7 Å². The summed E-state index contributed by atoms with van der Waals surface area (Å²) in [5, 5.41) is 9.35. The van der Waals surface area contributed by atoms with Gasteiger partial charge in [-0.25, -0.2) is 8.42 Å². The molecule has 0 saturated carbocycles. The summed E-state index contributed by atoms with van der Waals surface area (Å²) in [7, 11) is 0.129. The van der Waals surface area contributed by atoms with Gasteiger partial charge in [0.25, 0.3) is 11.8 Å². The van der Waals surface area contributed by atoms with Crippen molar-refractivity contribution < 1.29 is 18.0 Å². The van der Waals surface area contributed by atoms with E-state index >= 15 is 0 Å². The van der Waals surface area contributed by atoms with Crippen LogP contribution >= 0.6 is 0 Å². The van der Waals surface area contributed by atoms with E-state index in [9.17, 15) is 18.0 Å². The number of hydrogen-bond donors (Lipinski definition) is 3. The van der Waals surface area contributed by atoms with Gasteiger partial charge in [0.1, 0.15) is 0 Å². The minimum atomic E-state index is -3.46. The Hall–Kier alpha value is -3.89. The standard InChI is InChI=1S/C28H31N5O4S/c1-32-14-12-20(13-15-32)29-27(34)19-9-11-23-25(17-19)31-28(35)22-10-8-18(16-24(22)30-23)21-6-4-5-7-26(21)33(2)38(3,36)37/h4-11,16-17,20,30H,12-15H2,1-3H3,(H,29,34)(H,31,35). The molecular formula is C28H31N5O4S. The van der Waals surface area contributed by atoms with Crippen LogP contribution in [-0.4, -0.2) is 64.6 Å². The summed E-state index contributed by atoms with van der Waals surface area (Å²) in [6.45, 7) is 1.90. The fourth-order valence-corrected chi connectivity index (χ4v) is 5.35. The number of para-hydroxylation sites is 1. The quantitative estimate of drug-likeness (QED) is 0.459. The maximum atomic E-state index is 13.1. The van der Waals surface area contributed by atoms with Gasteiger partial charge < -0.3 is 20.9 Å². The molecule has 198 valence electrons. The first-order chi connectivity index (χ1) is 18.1. The van der Waals surface area contributed by atoms with Gasteiger partial charge in [-0.15, -0.1) is 0 Å². The molecule has 0 aromatic heterocycles. The summed E-state index contributed by atoms with van der Waals surface area (Å²) in [5.74, 6) is -0.459. The monoisotopic (exact) mass is 533 g/mol. The largest absolute Gasteiger partial charge is 0.353 e. The Morgan fingerprint density at radius 1 is 0.947 bits per heavy atom. The highest BCUT2D eigenvalue weighted by Gasteiger charge is 2.24. The predicted molar refractivity (Wildman–Crippen MR) is 151 cm³/mol. The number of carbonyl (C=O) groups excluding carboxylic acids is 2. The molecule has 0 atom stereocenters. The summed E-state index contributed by atoms with van der Waals surface area (Å²) < 4.78 is 25.6. The van der Waals surface area contributed by atoms with Gasteiger partial charge in [0.15, 0.2) is 0 Å². The minimum Gasteiger partial charge on any atom is -0.353 e. The van der Waals surface area contributed by atoms with Crippen molar-refractivity contribution >= 4 is 44.6 Å². The molecule has 0 aliphatic carbocycles. The first-order valence-corrected chi connectivity index (χ1v) is 14.3. The van der Waals surface area contributed by atoms with Gasteiger partial charge in [-0.3, -0.25) is 13.9 Å². The molecule has 2 aliphatic heterocycles. The summed E-state index contributed by atoms with van der Waals surface area (Å²) >= 11 is 0. The molecule has 3 N–H and O–H groups in total. The Morgan fingerprint density at radius 3 is 2.42 bits per heavy atom. The number of likely N-dealkylation sites (tertiary alicyclic amines) is 1. The first kappa shape index (κ1) is 25.7. The van der Waals surface area contributed by atoms with Crippen LogP contribution in [0.3, 0.4) is 0 Å². The topological polar surface area (TPSA) is 111 Å². The molecule has 0 radical (unpaired) electrons. The van der Waals surface area contributed by atoms with Gasteiger partial charge in [0.05, 0.1) is 34.6 Å². The maximum Gasteiger partial charge on any atom is 0.257 e. The molecule has 3 aromatic rings. The van der Waals surface area contributed by atoms with Crippen molar-refractivity contribution in [1.29, 1.82) is 0 Å². The van der Waals surface area contributed by atoms with E-state index in [2.05, 4.69) is 27.9 Å². The normalized spacial score (nSPS) is 15.9. The van der Waals surface area contributed by atoms with Crippen LogP contribution in [0.25, 0.3) is 11.1 Å². The molecule has 38 heavy (non-hydrogen) atoms. The number of anilines is 4. The second-order valence-electron chi connectivity index (χ2n) is 9.90. The predicted octanol–water partition coefficient (Wildman–Crippen LogP) is 3.88. The zero-order valence-electron chi connectivity index (χ0n) is 21.6. The molecule has 0 spiro atoms. The number of nitrogens with one attached hydrogen (secondary N) is 3. The third-order valence-corrected chi connectivity index (χ3v) is 8.36. The lowest BCUT2D eigenvalue weighted by Crippen LogP contribution is -2.43. The van der Waals surface area contributed by atoms with E-state index in [1.165, 1.54) is 11.4 Å². The summed E-state index contributed by atoms with van der Waals surface area (Å²) in [6.07, 6.45) is 2.98. The Balaban J connectivity index is 1.43. The fourth-order valence-electron chi connectivity index (χ4n) is 4.84. The van der Waals surface area contributed by atoms with Crippen molar-refractivity contribution in [3.8, 4) is 11.1 Å². The number of sulfonamides is 1. The van der Waals surface area contributed by atoms with Crippen molar-refractivity contribution in [2.24, 2.45) is 0 Å². The Labute approximate surface area is 222 Å². The molecule has 5 rings (SSSR count). The van der Waals surface area contributed by atoms with E-state index in [1.807, 2.05) is 18.2 Å². The highest BCUT2D eigenvalue weighted by atomic mass is 32.2. The molecule has 1 saturated heterocycles. The van der Waals surface area contributed by atoms with Crippen LogP contribution < -0.4 is 20.3 Å². The number of hydrogen-bond acceptors (Lipinski definition) is 6. The van der Waals surface area contributed by atoms with Crippen LogP contribution in [0.2, 0.25) is 0 Å². The van der Waals surface area contributed by atoms with Crippen molar-refractivity contribution in [2.45, 2.75) is 18.9 Å². The summed E-state index contributed by atoms with van der Waals surface area (Å²) in [6, 6.07) is 17.9. The lowest BCUT2D eigenvalue weighted by atomic mass is 10.0. The first-order valence-electron chi connectivity index (χ1n) is 12.5. The van der Waals surface area contributed by atoms with Gasteiger partial charge in [0, 0.05) is 24.2 Å². The zero-order valence-corrected chi connectivity index (χ0v) is 22.4. The number of rotatable bonds is 5. The molecule has 1 fully saturated rings. The number of fused-ring (bicyclic) bond motifs is 2. The molecule has 2 amide bonds. The zero-order chi connectivity index (χ0) is 27.0. The van der Waals surface area contributed by atoms with Crippen LogP contribution in [0.5, 0.6) is 0 Å². The SMILES string of the molecule is CN1CCC(NC(=O)c2ccc3c(c2)NC(=O)c2ccc(-c4ccccc4N(C)S(C)(=O)=O)cc2N3)CC1. The van der Waals surface area contributed by atoms with Crippen LogP contribution in [0.15, 0.2) is 60.7 Å². The van der Waals surface area contributed by atoms with Crippen molar-refractivity contribution in [3.63, 3.8) is 0 Å². The molecule has 0 unspecified atom stereocenters. The van der Waals surface area contributed by atoms with E-state index in [-0.39, 0.29) is 17.9 Å². The third kappa shape index (κ3) is 5.23. The van der Waals surface area contributed by atoms with Crippen LogP contribution in [0.1, 0.15) is 33.6 Å². The Kier molecular flexibility index (Phi) is 6.85. The van der Waals surface area contributed by atoms with E-state index < -0.39 is 10.0 Å². The molecule has 2 heterocycles. The van der Waals surface area contributed by atoms with E-state index in [0.717, 1.165) is 43.3 Å². The number of carbonyl (C=O) groups is 2. The van der Waals surface area contributed by atoms with Crippen molar-refractivity contribution in [2.75, 3.05) is 48.4 Å². The lowest BCUT2D eigenvalue weighted by molar-refractivity contribution is 0.0916.